The maximum absolute atomic E-state index is 14.7. The van der Waals surface area contributed by atoms with Crippen molar-refractivity contribution in [3.05, 3.63) is 95.1 Å². The molecule has 0 spiro atoms. The number of hydrogen-bond donors (Lipinski definition) is 0. The minimum absolute atomic E-state index is 0.0541. The zero-order chi connectivity index (χ0) is 22.0. The van der Waals surface area contributed by atoms with Gasteiger partial charge in [-0.15, -0.1) is 10.2 Å². The fourth-order valence-electron chi connectivity index (χ4n) is 3.26. The quantitative estimate of drug-likeness (QED) is 0.283. The van der Waals surface area contributed by atoms with Crippen LogP contribution >= 0.6 is 11.8 Å². The van der Waals surface area contributed by atoms with Gasteiger partial charge in [-0.1, -0.05) is 59.8 Å². The molecular weight excluding hydrogens is 416 g/mol. The number of halogens is 2. The lowest BCUT2D eigenvalue weighted by atomic mass is 10.0. The summed E-state index contributed by atoms with van der Waals surface area (Å²) in [5.74, 6) is -0.941. The largest absolute Gasteiger partial charge is 0.293 e. The first-order valence-corrected chi connectivity index (χ1v) is 10.6. The monoisotopic (exact) mass is 435 g/mol. The fourth-order valence-corrected chi connectivity index (χ4v) is 4.09. The number of thioether (sulfide) groups is 1. The zero-order valence-corrected chi connectivity index (χ0v) is 17.8. The van der Waals surface area contributed by atoms with E-state index in [1.54, 1.807) is 0 Å². The second kappa shape index (κ2) is 8.81. The van der Waals surface area contributed by atoms with Crippen LogP contribution < -0.4 is 0 Å². The molecule has 0 saturated heterocycles. The van der Waals surface area contributed by atoms with Crippen molar-refractivity contribution in [2.75, 3.05) is 5.75 Å². The van der Waals surface area contributed by atoms with Crippen LogP contribution in [-0.4, -0.2) is 26.3 Å². The number of aromatic nitrogens is 3. The second-order valence-electron chi connectivity index (χ2n) is 7.13. The minimum atomic E-state index is -0.736. The summed E-state index contributed by atoms with van der Waals surface area (Å²) in [5, 5.41) is 8.78. The van der Waals surface area contributed by atoms with Gasteiger partial charge in [-0.25, -0.2) is 8.78 Å². The van der Waals surface area contributed by atoms with Crippen LogP contribution in [0.4, 0.5) is 8.78 Å². The molecule has 0 saturated carbocycles. The van der Waals surface area contributed by atoms with Gasteiger partial charge in [0.05, 0.1) is 11.4 Å². The third kappa shape index (κ3) is 4.41. The zero-order valence-electron chi connectivity index (χ0n) is 17.0. The lowest BCUT2D eigenvalue weighted by Crippen LogP contribution is -2.07. The maximum Gasteiger partial charge on any atom is 0.196 e. The summed E-state index contributed by atoms with van der Waals surface area (Å²) in [6, 6.07) is 18.3. The van der Waals surface area contributed by atoms with Gasteiger partial charge in [0.25, 0.3) is 0 Å². The highest BCUT2D eigenvalue weighted by Crippen LogP contribution is 2.30. The Bertz CT molecular complexity index is 1260. The van der Waals surface area contributed by atoms with Gasteiger partial charge in [0.15, 0.2) is 16.8 Å². The van der Waals surface area contributed by atoms with E-state index in [0.717, 1.165) is 22.8 Å². The lowest BCUT2D eigenvalue weighted by Gasteiger charge is -2.12. The van der Waals surface area contributed by atoms with Crippen molar-refractivity contribution in [3.63, 3.8) is 0 Å². The van der Waals surface area contributed by atoms with Gasteiger partial charge in [0.1, 0.15) is 11.6 Å². The standard InChI is InChI=1S/C24H19F2N3OS/c1-15-8-9-16(2)19(12-15)22(30)14-31-24-28-27-23(17-6-4-3-5-7-17)29(24)21-11-10-18(25)13-20(21)26/h3-13H,14H2,1-2H3. The average Bonchev–Trinajstić information content (AvgIpc) is 3.18. The maximum atomic E-state index is 14.7. The third-order valence-corrected chi connectivity index (χ3v) is 5.77. The van der Waals surface area contributed by atoms with Crippen molar-refractivity contribution in [1.29, 1.82) is 0 Å². The van der Waals surface area contributed by atoms with Gasteiger partial charge in [-0.05, 0) is 37.6 Å². The Balaban J connectivity index is 1.72. The molecule has 156 valence electrons. The van der Waals surface area contributed by atoms with Crippen LogP contribution in [0.15, 0.2) is 71.9 Å². The summed E-state index contributed by atoms with van der Waals surface area (Å²) in [7, 11) is 0. The van der Waals surface area contributed by atoms with Gasteiger partial charge in [0, 0.05) is 17.2 Å². The molecular formula is C24H19F2N3OS. The van der Waals surface area contributed by atoms with Gasteiger partial charge in [0.2, 0.25) is 0 Å². The van der Waals surface area contributed by atoms with E-state index in [2.05, 4.69) is 10.2 Å². The van der Waals surface area contributed by atoms with E-state index >= 15 is 0 Å². The molecule has 0 radical (unpaired) electrons. The first-order chi connectivity index (χ1) is 14.9. The molecule has 4 rings (SSSR count). The van der Waals surface area contributed by atoms with Gasteiger partial charge < -0.3 is 0 Å². The molecule has 31 heavy (non-hydrogen) atoms. The van der Waals surface area contributed by atoms with Crippen LogP contribution in [0.25, 0.3) is 17.1 Å². The molecule has 1 heterocycles. The Morgan fingerprint density at radius 3 is 2.48 bits per heavy atom. The summed E-state index contributed by atoms with van der Waals surface area (Å²) in [4.78, 5) is 12.8. The number of carbonyl (C=O) groups is 1. The molecule has 4 aromatic rings. The summed E-state index contributed by atoms with van der Waals surface area (Å²) in [6.45, 7) is 3.82. The van der Waals surface area contributed by atoms with E-state index in [0.29, 0.717) is 16.5 Å². The van der Waals surface area contributed by atoms with Crippen molar-refractivity contribution in [2.24, 2.45) is 0 Å². The molecule has 0 aliphatic heterocycles. The van der Waals surface area contributed by atoms with E-state index in [1.807, 2.05) is 62.4 Å². The normalized spacial score (nSPS) is 11.0. The molecule has 0 unspecified atom stereocenters. The van der Waals surface area contributed by atoms with Crippen LogP contribution in [-0.2, 0) is 0 Å². The summed E-state index contributed by atoms with van der Waals surface area (Å²) < 4.78 is 29.7. The van der Waals surface area contributed by atoms with E-state index < -0.39 is 11.6 Å². The van der Waals surface area contributed by atoms with Gasteiger partial charge in [-0.3, -0.25) is 9.36 Å². The average molecular weight is 435 g/mol. The smallest absolute Gasteiger partial charge is 0.196 e. The first-order valence-electron chi connectivity index (χ1n) is 9.63. The SMILES string of the molecule is Cc1ccc(C)c(C(=O)CSc2nnc(-c3ccccc3)n2-c2ccc(F)cc2F)c1. The number of nitrogens with zero attached hydrogens (tertiary/aromatic N) is 3. The minimum Gasteiger partial charge on any atom is -0.293 e. The van der Waals surface area contributed by atoms with Crippen LogP contribution in [0.3, 0.4) is 0 Å². The molecule has 1 aromatic heterocycles. The number of carbonyl (C=O) groups excluding carboxylic acids is 1. The van der Waals surface area contributed by atoms with Crippen molar-refractivity contribution in [3.8, 4) is 17.1 Å². The van der Waals surface area contributed by atoms with E-state index in [4.69, 9.17) is 0 Å². The van der Waals surface area contributed by atoms with Gasteiger partial charge >= 0.3 is 0 Å². The van der Waals surface area contributed by atoms with Crippen molar-refractivity contribution in [2.45, 2.75) is 19.0 Å². The molecule has 0 fully saturated rings. The van der Waals surface area contributed by atoms with E-state index in [9.17, 15) is 13.6 Å². The molecule has 7 heteroatoms. The first kappa shape index (κ1) is 20.9. The van der Waals surface area contributed by atoms with Crippen LogP contribution in [0.2, 0.25) is 0 Å². The number of aryl methyl sites for hydroxylation is 2. The predicted octanol–water partition coefficient (Wildman–Crippen LogP) is 5.80. The molecule has 0 atom stereocenters. The molecule has 0 bridgehead atoms. The Morgan fingerprint density at radius 1 is 0.968 bits per heavy atom. The number of benzene rings is 3. The molecule has 0 aliphatic carbocycles. The van der Waals surface area contributed by atoms with Crippen molar-refractivity contribution >= 4 is 17.5 Å². The Kier molecular flexibility index (Phi) is 5.95. The molecule has 0 aliphatic rings. The van der Waals surface area contributed by atoms with Crippen LogP contribution in [0, 0.1) is 25.5 Å². The van der Waals surface area contributed by atoms with Crippen LogP contribution in [0.1, 0.15) is 21.5 Å². The number of ketones is 1. The Hall–Kier alpha value is -3.32. The number of rotatable bonds is 6. The topological polar surface area (TPSA) is 47.8 Å². The van der Waals surface area contributed by atoms with Crippen molar-refractivity contribution < 1.29 is 13.6 Å². The van der Waals surface area contributed by atoms with Crippen molar-refractivity contribution in [1.82, 2.24) is 14.8 Å². The van der Waals surface area contributed by atoms with E-state index in [1.165, 1.54) is 28.5 Å². The number of hydrogen-bond acceptors (Lipinski definition) is 4. The summed E-state index contributed by atoms with van der Waals surface area (Å²) in [6.07, 6.45) is 0. The Labute approximate surface area is 183 Å². The highest BCUT2D eigenvalue weighted by molar-refractivity contribution is 7.99. The highest BCUT2D eigenvalue weighted by atomic mass is 32.2. The second-order valence-corrected chi connectivity index (χ2v) is 8.08. The lowest BCUT2D eigenvalue weighted by molar-refractivity contribution is 0.102. The number of Topliss-reactive ketones (excluding diaryl/α,β-unsaturated/α-hetero) is 1. The molecule has 4 nitrogen and oxygen atoms in total. The molecule has 3 aromatic carbocycles. The van der Waals surface area contributed by atoms with Gasteiger partial charge in [-0.2, -0.15) is 0 Å². The highest BCUT2D eigenvalue weighted by Gasteiger charge is 2.20. The predicted molar refractivity (Wildman–Crippen MR) is 118 cm³/mol. The Morgan fingerprint density at radius 2 is 1.74 bits per heavy atom. The van der Waals surface area contributed by atoms with Crippen LogP contribution in [0.5, 0.6) is 0 Å². The summed E-state index contributed by atoms with van der Waals surface area (Å²) >= 11 is 1.17. The molecule has 0 N–H and O–H groups in total. The fraction of sp³-hybridized carbons (Fsp3) is 0.125. The summed E-state index contributed by atoms with van der Waals surface area (Å²) in [5.41, 5.74) is 3.39. The third-order valence-electron chi connectivity index (χ3n) is 4.84. The molecule has 0 amide bonds. The van der Waals surface area contributed by atoms with E-state index in [-0.39, 0.29) is 17.2 Å².